The van der Waals surface area contributed by atoms with Crippen molar-refractivity contribution < 1.29 is 4.74 Å². The predicted octanol–water partition coefficient (Wildman–Crippen LogP) is 2.31. The number of nitrogens with zero attached hydrogens (tertiary/aromatic N) is 3. The van der Waals surface area contributed by atoms with Crippen molar-refractivity contribution in [3.05, 3.63) is 47.3 Å². The largest absolute Gasteiger partial charge is 0.496 e. The summed E-state index contributed by atoms with van der Waals surface area (Å²) < 4.78 is 7.19. The Morgan fingerprint density at radius 3 is 2.44 bits per heavy atom. The van der Waals surface area contributed by atoms with Crippen LogP contribution in [0.1, 0.15) is 16.7 Å². The maximum absolute atomic E-state index is 5.37. The molecule has 0 amide bonds. The van der Waals surface area contributed by atoms with Crippen molar-refractivity contribution in [1.29, 1.82) is 0 Å². The molecule has 2 N–H and O–H groups in total. The van der Waals surface area contributed by atoms with E-state index in [4.69, 9.17) is 4.74 Å². The van der Waals surface area contributed by atoms with Crippen molar-refractivity contribution in [2.75, 3.05) is 27.2 Å². The first-order chi connectivity index (χ1) is 11.6. The molecule has 0 aliphatic heterocycles. The van der Waals surface area contributed by atoms with E-state index in [-0.39, 0.29) is 24.0 Å². The molecule has 0 aliphatic rings. The second kappa shape index (κ2) is 11.0. The van der Waals surface area contributed by atoms with E-state index in [0.29, 0.717) is 0 Å². The van der Waals surface area contributed by atoms with Crippen LogP contribution >= 0.6 is 24.0 Å². The maximum Gasteiger partial charge on any atom is 0.190 e. The smallest absolute Gasteiger partial charge is 0.190 e. The Morgan fingerprint density at radius 2 is 1.88 bits per heavy atom. The Labute approximate surface area is 167 Å². The van der Waals surface area contributed by atoms with Crippen LogP contribution in [0.5, 0.6) is 5.75 Å². The summed E-state index contributed by atoms with van der Waals surface area (Å²) in [5.74, 6) is 1.75. The van der Waals surface area contributed by atoms with Gasteiger partial charge >= 0.3 is 0 Å². The number of halogens is 1. The van der Waals surface area contributed by atoms with Gasteiger partial charge in [0.2, 0.25) is 0 Å². The van der Waals surface area contributed by atoms with Gasteiger partial charge in [0.05, 0.1) is 13.3 Å². The molecule has 0 unspecified atom stereocenters. The van der Waals surface area contributed by atoms with Crippen LogP contribution in [0.2, 0.25) is 0 Å². The lowest BCUT2D eigenvalue weighted by Crippen LogP contribution is -2.39. The zero-order valence-electron chi connectivity index (χ0n) is 15.4. The average Bonchev–Trinajstić information content (AvgIpc) is 3.00. The fraction of sp³-hybridized carbons (Fsp3) is 0.444. The van der Waals surface area contributed by atoms with E-state index in [1.807, 2.05) is 24.1 Å². The van der Waals surface area contributed by atoms with Gasteiger partial charge in [-0.1, -0.05) is 12.1 Å². The van der Waals surface area contributed by atoms with Crippen LogP contribution in [-0.2, 0) is 19.9 Å². The molecule has 25 heavy (non-hydrogen) atoms. The third kappa shape index (κ3) is 6.93. The Balaban J connectivity index is 0.00000312. The molecular weight excluding hydrogens is 429 g/mol. The van der Waals surface area contributed by atoms with E-state index in [0.717, 1.165) is 43.2 Å². The summed E-state index contributed by atoms with van der Waals surface area (Å²) in [7, 11) is 5.42. The number of nitrogens with one attached hydrogen (secondary N) is 2. The van der Waals surface area contributed by atoms with Gasteiger partial charge in [-0.25, -0.2) is 0 Å². The molecule has 0 saturated carbocycles. The Hall–Kier alpha value is -1.77. The van der Waals surface area contributed by atoms with Crippen LogP contribution in [0.25, 0.3) is 0 Å². The van der Waals surface area contributed by atoms with Gasteiger partial charge in [-0.2, -0.15) is 5.10 Å². The van der Waals surface area contributed by atoms with Gasteiger partial charge < -0.3 is 15.4 Å². The molecule has 1 aromatic carbocycles. The predicted molar refractivity (Wildman–Crippen MR) is 113 cm³/mol. The standard InChI is InChI=1S/C18H27N5O.HI/c1-14-5-6-15(11-17(14)24-4)7-9-20-18(19-2)21-10-8-16-12-22-23(3)13-16;/h5-6,11-13H,7-10H2,1-4H3,(H2,19,20,21);1H. The van der Waals surface area contributed by atoms with Crippen molar-refractivity contribution in [2.24, 2.45) is 12.0 Å². The zero-order valence-corrected chi connectivity index (χ0v) is 17.7. The summed E-state index contributed by atoms with van der Waals surface area (Å²) in [6.45, 7) is 3.69. The van der Waals surface area contributed by atoms with Crippen molar-refractivity contribution in [3.63, 3.8) is 0 Å². The van der Waals surface area contributed by atoms with Crippen LogP contribution in [0, 0.1) is 6.92 Å². The van der Waals surface area contributed by atoms with E-state index >= 15 is 0 Å². The molecule has 7 heteroatoms. The highest BCUT2D eigenvalue weighted by molar-refractivity contribution is 14.0. The van der Waals surface area contributed by atoms with Gasteiger partial charge in [0.1, 0.15) is 5.75 Å². The number of aromatic nitrogens is 2. The lowest BCUT2D eigenvalue weighted by Gasteiger charge is -2.12. The quantitative estimate of drug-likeness (QED) is 0.381. The number of rotatable bonds is 7. The van der Waals surface area contributed by atoms with Crippen LogP contribution in [-0.4, -0.2) is 43.0 Å². The normalized spacial score (nSPS) is 11.0. The molecule has 138 valence electrons. The van der Waals surface area contributed by atoms with Gasteiger partial charge in [-0.15, -0.1) is 24.0 Å². The lowest BCUT2D eigenvalue weighted by molar-refractivity contribution is 0.411. The van der Waals surface area contributed by atoms with Gasteiger partial charge in [-0.3, -0.25) is 9.67 Å². The van der Waals surface area contributed by atoms with Crippen LogP contribution in [0.4, 0.5) is 0 Å². The summed E-state index contributed by atoms with van der Waals surface area (Å²) in [6.07, 6.45) is 5.76. The number of aliphatic imine (C=N–C) groups is 1. The number of guanidine groups is 1. The van der Waals surface area contributed by atoms with Crippen molar-refractivity contribution in [3.8, 4) is 5.75 Å². The van der Waals surface area contributed by atoms with E-state index in [2.05, 4.69) is 45.8 Å². The molecule has 0 bridgehead atoms. The highest BCUT2D eigenvalue weighted by Crippen LogP contribution is 2.18. The maximum atomic E-state index is 5.37. The monoisotopic (exact) mass is 457 g/mol. The summed E-state index contributed by atoms with van der Waals surface area (Å²) in [5, 5.41) is 10.8. The Morgan fingerprint density at radius 1 is 1.20 bits per heavy atom. The van der Waals surface area contributed by atoms with E-state index < -0.39 is 0 Å². The molecule has 1 aromatic heterocycles. The summed E-state index contributed by atoms with van der Waals surface area (Å²) in [4.78, 5) is 4.25. The van der Waals surface area contributed by atoms with Crippen molar-refractivity contribution in [1.82, 2.24) is 20.4 Å². The first-order valence-corrected chi connectivity index (χ1v) is 8.18. The molecule has 0 saturated heterocycles. The van der Waals surface area contributed by atoms with Crippen LogP contribution in [0.15, 0.2) is 35.6 Å². The zero-order chi connectivity index (χ0) is 17.4. The SMILES string of the molecule is CN=C(NCCc1ccc(C)c(OC)c1)NCCc1cnn(C)c1.I. The molecule has 1 heterocycles. The van der Waals surface area contributed by atoms with Crippen LogP contribution < -0.4 is 15.4 Å². The highest BCUT2D eigenvalue weighted by Gasteiger charge is 2.02. The van der Waals surface area contributed by atoms with E-state index in [1.165, 1.54) is 11.1 Å². The van der Waals surface area contributed by atoms with Crippen LogP contribution in [0.3, 0.4) is 0 Å². The number of aryl methyl sites for hydroxylation is 2. The summed E-state index contributed by atoms with van der Waals surface area (Å²) >= 11 is 0. The topological polar surface area (TPSA) is 63.5 Å². The number of ether oxygens (including phenoxy) is 1. The average molecular weight is 457 g/mol. The molecule has 0 radical (unpaired) electrons. The second-order valence-corrected chi connectivity index (χ2v) is 5.75. The van der Waals surface area contributed by atoms with Gasteiger partial charge in [0.25, 0.3) is 0 Å². The number of methoxy groups -OCH3 is 1. The van der Waals surface area contributed by atoms with Gasteiger partial charge in [-0.05, 0) is 42.5 Å². The summed E-state index contributed by atoms with van der Waals surface area (Å²) in [5.41, 5.74) is 3.62. The minimum Gasteiger partial charge on any atom is -0.496 e. The first-order valence-electron chi connectivity index (χ1n) is 8.18. The van der Waals surface area contributed by atoms with Crippen molar-refractivity contribution >= 4 is 29.9 Å². The van der Waals surface area contributed by atoms with Gasteiger partial charge in [0.15, 0.2) is 5.96 Å². The number of hydrogen-bond acceptors (Lipinski definition) is 3. The number of hydrogen-bond donors (Lipinski definition) is 2. The molecule has 0 fully saturated rings. The van der Waals surface area contributed by atoms with E-state index in [1.54, 1.807) is 14.2 Å². The molecule has 6 nitrogen and oxygen atoms in total. The van der Waals surface area contributed by atoms with Gasteiger partial charge in [0, 0.05) is 33.4 Å². The summed E-state index contributed by atoms with van der Waals surface area (Å²) in [6, 6.07) is 6.32. The minimum absolute atomic E-state index is 0. The first kappa shape index (κ1) is 21.3. The van der Waals surface area contributed by atoms with Crippen molar-refractivity contribution in [2.45, 2.75) is 19.8 Å². The Kier molecular flexibility index (Phi) is 9.33. The Bertz CT molecular complexity index is 684. The lowest BCUT2D eigenvalue weighted by atomic mass is 10.1. The minimum atomic E-state index is 0. The third-order valence-corrected chi connectivity index (χ3v) is 3.87. The molecule has 2 aromatic rings. The molecule has 0 spiro atoms. The fourth-order valence-electron chi connectivity index (χ4n) is 2.49. The molecular formula is C18H28IN5O. The second-order valence-electron chi connectivity index (χ2n) is 5.75. The molecule has 0 atom stereocenters. The molecule has 2 rings (SSSR count). The fourth-order valence-corrected chi connectivity index (χ4v) is 2.49. The third-order valence-electron chi connectivity index (χ3n) is 3.87. The number of benzene rings is 1. The van der Waals surface area contributed by atoms with E-state index in [9.17, 15) is 0 Å². The molecule has 0 aliphatic carbocycles. The highest BCUT2D eigenvalue weighted by atomic mass is 127.